The number of aryl methyl sites for hydroxylation is 2. The number of carbonyl (C=O) groups excluding carboxylic acids is 1. The van der Waals surface area contributed by atoms with Gasteiger partial charge >= 0.3 is 0 Å². The number of carbonyl (C=O) groups is 1. The van der Waals surface area contributed by atoms with Gasteiger partial charge < -0.3 is 10.1 Å². The van der Waals surface area contributed by atoms with Gasteiger partial charge in [0.2, 0.25) is 0 Å². The van der Waals surface area contributed by atoms with Crippen molar-refractivity contribution in [3.63, 3.8) is 0 Å². The van der Waals surface area contributed by atoms with Crippen molar-refractivity contribution in [2.45, 2.75) is 45.6 Å². The van der Waals surface area contributed by atoms with E-state index in [1.165, 1.54) is 5.56 Å². The molecule has 4 rings (SSSR count). The molecule has 0 spiro atoms. The minimum Gasteiger partial charge on any atom is -0.383 e. The maximum absolute atomic E-state index is 12.7. The number of fused-ring (bicyclic) bond motifs is 3. The molecule has 1 unspecified atom stereocenters. The van der Waals surface area contributed by atoms with Gasteiger partial charge in [-0.2, -0.15) is 5.10 Å². The second-order valence-electron chi connectivity index (χ2n) is 7.64. The highest BCUT2D eigenvalue weighted by molar-refractivity contribution is 5.95. The summed E-state index contributed by atoms with van der Waals surface area (Å²) < 4.78 is 6.81. The van der Waals surface area contributed by atoms with Crippen molar-refractivity contribution >= 4 is 5.91 Å². The van der Waals surface area contributed by atoms with Crippen LogP contribution in [0.2, 0.25) is 0 Å². The fourth-order valence-electron chi connectivity index (χ4n) is 3.91. The number of nitrogens with zero attached hydrogens (tertiary/aromatic N) is 4. The van der Waals surface area contributed by atoms with Gasteiger partial charge in [-0.15, -0.1) is 0 Å². The van der Waals surface area contributed by atoms with Gasteiger partial charge in [0.25, 0.3) is 11.9 Å². The normalized spacial score (nSPS) is 13.8. The molecule has 2 heterocycles. The van der Waals surface area contributed by atoms with Crippen LogP contribution in [-0.2, 0) is 17.6 Å². The first-order valence-corrected chi connectivity index (χ1v) is 10.4. The molecule has 7 heteroatoms. The first-order valence-electron chi connectivity index (χ1n) is 10.4. The molecule has 3 aromatic rings. The summed E-state index contributed by atoms with van der Waals surface area (Å²) in [7, 11) is 1.63. The van der Waals surface area contributed by atoms with E-state index in [0.29, 0.717) is 23.8 Å². The fourth-order valence-corrected chi connectivity index (χ4v) is 3.91. The number of amides is 1. The van der Waals surface area contributed by atoms with Crippen molar-refractivity contribution in [1.29, 1.82) is 0 Å². The molecule has 1 atom stereocenters. The van der Waals surface area contributed by atoms with Gasteiger partial charge in [-0.1, -0.05) is 31.2 Å². The zero-order chi connectivity index (χ0) is 21.1. The highest BCUT2D eigenvalue weighted by Gasteiger charge is 2.21. The second-order valence-corrected chi connectivity index (χ2v) is 7.64. The Labute approximate surface area is 176 Å². The van der Waals surface area contributed by atoms with Crippen LogP contribution >= 0.6 is 0 Å². The van der Waals surface area contributed by atoms with Crippen LogP contribution in [0.1, 0.15) is 46.9 Å². The molecule has 1 aliphatic rings. The van der Waals surface area contributed by atoms with E-state index in [2.05, 4.69) is 33.6 Å². The molecule has 30 heavy (non-hydrogen) atoms. The number of hydrogen-bond acceptors (Lipinski definition) is 5. The Hall–Kier alpha value is -3.06. The van der Waals surface area contributed by atoms with Crippen LogP contribution in [0.15, 0.2) is 36.7 Å². The molecule has 1 N–H and O–H groups in total. The molecule has 0 saturated heterocycles. The van der Waals surface area contributed by atoms with E-state index in [-0.39, 0.29) is 11.9 Å². The summed E-state index contributed by atoms with van der Waals surface area (Å²) in [6.45, 7) is 4.35. The van der Waals surface area contributed by atoms with Crippen molar-refractivity contribution in [2.24, 2.45) is 0 Å². The molecule has 7 nitrogen and oxygen atoms in total. The van der Waals surface area contributed by atoms with Crippen molar-refractivity contribution < 1.29 is 9.53 Å². The Kier molecular flexibility index (Phi) is 5.90. The predicted octanol–water partition coefficient (Wildman–Crippen LogP) is 3.28. The van der Waals surface area contributed by atoms with Crippen molar-refractivity contribution in [3.05, 3.63) is 59.0 Å². The first kappa shape index (κ1) is 20.2. The summed E-state index contributed by atoms with van der Waals surface area (Å²) in [5.74, 6) is 0.314. The lowest BCUT2D eigenvalue weighted by molar-refractivity contribution is 0.0894. The lowest BCUT2D eigenvalue weighted by atomic mass is 10.0. The highest BCUT2D eigenvalue weighted by Crippen LogP contribution is 2.31. The summed E-state index contributed by atoms with van der Waals surface area (Å²) in [5, 5.41) is 7.42. The molecular weight excluding hydrogens is 378 g/mol. The molecule has 1 aromatic carbocycles. The fraction of sp³-hybridized carbons (Fsp3) is 0.391. The lowest BCUT2D eigenvalue weighted by Gasteiger charge is -2.15. The van der Waals surface area contributed by atoms with Crippen LogP contribution in [0.25, 0.3) is 17.2 Å². The third kappa shape index (κ3) is 3.85. The van der Waals surface area contributed by atoms with Crippen LogP contribution in [0, 0.1) is 6.92 Å². The summed E-state index contributed by atoms with van der Waals surface area (Å²) in [6.07, 6.45) is 7.33. The zero-order valence-electron chi connectivity index (χ0n) is 17.7. The van der Waals surface area contributed by atoms with Gasteiger partial charge in [0, 0.05) is 18.9 Å². The third-order valence-electron chi connectivity index (χ3n) is 5.66. The van der Waals surface area contributed by atoms with Crippen LogP contribution < -0.4 is 5.32 Å². The molecule has 2 aromatic heterocycles. The number of benzene rings is 1. The van der Waals surface area contributed by atoms with Gasteiger partial charge in [0.05, 0.1) is 35.8 Å². The van der Waals surface area contributed by atoms with Crippen LogP contribution in [0.5, 0.6) is 0 Å². The first-order chi connectivity index (χ1) is 14.6. The number of nitrogens with one attached hydrogen (secondary N) is 1. The molecule has 1 aliphatic carbocycles. The van der Waals surface area contributed by atoms with E-state index in [1.54, 1.807) is 18.0 Å². The molecule has 0 fully saturated rings. The third-order valence-corrected chi connectivity index (χ3v) is 5.66. The van der Waals surface area contributed by atoms with E-state index in [1.807, 2.05) is 26.1 Å². The van der Waals surface area contributed by atoms with E-state index in [0.717, 1.165) is 42.5 Å². The average molecular weight is 406 g/mol. The SMILES string of the molecule is CCC(COC)NC(=O)c1cnn(-c2ncc3c(n2)-c2ccccc2CCC3)c1C. The second kappa shape index (κ2) is 8.75. The minimum absolute atomic E-state index is 0.0366. The Bertz CT molecular complexity index is 1060. The van der Waals surface area contributed by atoms with Gasteiger partial charge in [0.15, 0.2) is 0 Å². The highest BCUT2D eigenvalue weighted by atomic mass is 16.5. The summed E-state index contributed by atoms with van der Waals surface area (Å²) in [6, 6.07) is 8.36. The summed E-state index contributed by atoms with van der Waals surface area (Å²) in [5.41, 5.74) is 5.80. The maximum Gasteiger partial charge on any atom is 0.255 e. The standard InChI is InChI=1S/C23H27N5O2/c1-4-18(14-30-3)26-22(29)20-13-25-28(15(20)2)23-24-12-17-10-7-9-16-8-5-6-11-19(16)21(17)27-23/h5-6,8,11-13,18H,4,7,9-10,14H2,1-3H3,(H,26,29). The Morgan fingerprint density at radius 3 is 2.83 bits per heavy atom. The Morgan fingerprint density at radius 2 is 2.03 bits per heavy atom. The zero-order valence-corrected chi connectivity index (χ0v) is 17.7. The Balaban J connectivity index is 1.67. The van der Waals surface area contributed by atoms with Crippen molar-refractivity contribution in [1.82, 2.24) is 25.1 Å². The van der Waals surface area contributed by atoms with E-state index in [4.69, 9.17) is 9.72 Å². The summed E-state index contributed by atoms with van der Waals surface area (Å²) >= 11 is 0. The number of ether oxygens (including phenoxy) is 1. The maximum atomic E-state index is 12.7. The number of hydrogen-bond donors (Lipinski definition) is 1. The van der Waals surface area contributed by atoms with Gasteiger partial charge in [-0.25, -0.2) is 14.6 Å². The largest absolute Gasteiger partial charge is 0.383 e. The van der Waals surface area contributed by atoms with E-state index < -0.39 is 0 Å². The monoisotopic (exact) mass is 405 g/mol. The van der Waals surface area contributed by atoms with Crippen molar-refractivity contribution in [2.75, 3.05) is 13.7 Å². The molecule has 0 bridgehead atoms. The lowest BCUT2D eigenvalue weighted by Crippen LogP contribution is -2.37. The molecule has 0 radical (unpaired) electrons. The predicted molar refractivity (Wildman–Crippen MR) is 115 cm³/mol. The quantitative estimate of drug-likeness (QED) is 0.681. The molecular formula is C23H27N5O2. The van der Waals surface area contributed by atoms with Gasteiger partial charge in [0.1, 0.15) is 0 Å². The number of rotatable bonds is 6. The molecule has 0 saturated carbocycles. The van der Waals surface area contributed by atoms with Crippen LogP contribution in [-0.4, -0.2) is 45.4 Å². The van der Waals surface area contributed by atoms with E-state index >= 15 is 0 Å². The number of methoxy groups -OCH3 is 1. The number of aromatic nitrogens is 4. The molecule has 156 valence electrons. The average Bonchev–Trinajstić information content (AvgIpc) is 3.05. The van der Waals surface area contributed by atoms with Crippen LogP contribution in [0.4, 0.5) is 0 Å². The minimum atomic E-state index is -0.164. The van der Waals surface area contributed by atoms with Gasteiger partial charge in [-0.3, -0.25) is 4.79 Å². The van der Waals surface area contributed by atoms with Gasteiger partial charge in [-0.05, 0) is 43.7 Å². The molecule has 0 aliphatic heterocycles. The topological polar surface area (TPSA) is 81.9 Å². The molecule has 1 amide bonds. The summed E-state index contributed by atoms with van der Waals surface area (Å²) in [4.78, 5) is 22.2. The Morgan fingerprint density at radius 1 is 1.23 bits per heavy atom. The van der Waals surface area contributed by atoms with Crippen LogP contribution in [0.3, 0.4) is 0 Å². The van der Waals surface area contributed by atoms with E-state index in [9.17, 15) is 4.79 Å². The smallest absolute Gasteiger partial charge is 0.255 e. The van der Waals surface area contributed by atoms with Crippen molar-refractivity contribution in [3.8, 4) is 17.2 Å².